The Balaban J connectivity index is 2.03. The van der Waals surface area contributed by atoms with Gasteiger partial charge < -0.3 is 15.2 Å². The molecule has 0 saturated carbocycles. The van der Waals surface area contributed by atoms with Crippen molar-refractivity contribution in [1.29, 1.82) is 0 Å². The van der Waals surface area contributed by atoms with E-state index in [1.54, 1.807) is 30.3 Å². The molecule has 0 bridgehead atoms. The van der Waals surface area contributed by atoms with Crippen LogP contribution >= 0.6 is 11.6 Å². The Kier molecular flexibility index (Phi) is 6.57. The number of halogens is 1. The number of amides is 2. The van der Waals surface area contributed by atoms with E-state index in [2.05, 4.69) is 10.5 Å². The SMILES string of the molecule is COc1cc(C)ccc1C(=O)NN=Cc1ccc(OCC(N)=O)c(Cl)c1. The minimum Gasteiger partial charge on any atom is -0.496 e. The largest absolute Gasteiger partial charge is 0.496 e. The van der Waals surface area contributed by atoms with Crippen molar-refractivity contribution in [2.75, 3.05) is 13.7 Å². The van der Waals surface area contributed by atoms with Gasteiger partial charge in [-0.3, -0.25) is 9.59 Å². The Hall–Kier alpha value is -3.06. The van der Waals surface area contributed by atoms with Crippen molar-refractivity contribution in [2.24, 2.45) is 10.8 Å². The zero-order valence-corrected chi connectivity index (χ0v) is 15.0. The fraction of sp³-hybridized carbons (Fsp3) is 0.167. The molecule has 0 fully saturated rings. The van der Waals surface area contributed by atoms with Crippen molar-refractivity contribution >= 4 is 29.6 Å². The molecule has 0 atom stereocenters. The Morgan fingerprint density at radius 1 is 1.23 bits per heavy atom. The van der Waals surface area contributed by atoms with Crippen LogP contribution in [0.2, 0.25) is 5.02 Å². The highest BCUT2D eigenvalue weighted by molar-refractivity contribution is 6.32. The second-order valence-electron chi connectivity index (χ2n) is 5.35. The number of methoxy groups -OCH3 is 1. The third-order valence-corrected chi connectivity index (χ3v) is 3.60. The predicted molar refractivity (Wildman–Crippen MR) is 98.9 cm³/mol. The molecular formula is C18H18ClN3O4. The normalized spacial score (nSPS) is 10.6. The first-order valence-electron chi connectivity index (χ1n) is 7.59. The van der Waals surface area contributed by atoms with E-state index in [0.717, 1.165) is 5.56 Å². The zero-order chi connectivity index (χ0) is 19.1. The van der Waals surface area contributed by atoms with Crippen LogP contribution < -0.4 is 20.6 Å². The summed E-state index contributed by atoms with van der Waals surface area (Å²) in [4.78, 5) is 22.9. The zero-order valence-electron chi connectivity index (χ0n) is 14.3. The average molecular weight is 376 g/mol. The minimum absolute atomic E-state index is 0.262. The van der Waals surface area contributed by atoms with Crippen molar-refractivity contribution in [2.45, 2.75) is 6.92 Å². The highest BCUT2D eigenvalue weighted by Gasteiger charge is 2.11. The van der Waals surface area contributed by atoms with Gasteiger partial charge in [-0.2, -0.15) is 5.10 Å². The van der Waals surface area contributed by atoms with Crippen molar-refractivity contribution < 1.29 is 19.1 Å². The van der Waals surface area contributed by atoms with Crippen LogP contribution in [0.4, 0.5) is 0 Å². The molecule has 0 radical (unpaired) electrons. The molecule has 26 heavy (non-hydrogen) atoms. The summed E-state index contributed by atoms with van der Waals surface area (Å²) in [5.74, 6) is -0.195. The summed E-state index contributed by atoms with van der Waals surface area (Å²) in [6.45, 7) is 1.64. The lowest BCUT2D eigenvalue weighted by Gasteiger charge is -2.08. The molecule has 136 valence electrons. The van der Waals surface area contributed by atoms with Gasteiger partial charge in [-0.05, 0) is 48.4 Å². The average Bonchev–Trinajstić information content (AvgIpc) is 2.60. The molecule has 3 N–H and O–H groups in total. The summed E-state index contributed by atoms with van der Waals surface area (Å²) >= 11 is 6.06. The highest BCUT2D eigenvalue weighted by atomic mass is 35.5. The third-order valence-electron chi connectivity index (χ3n) is 3.31. The molecule has 8 heteroatoms. The molecule has 2 aromatic carbocycles. The number of nitrogens with two attached hydrogens (primary N) is 1. The Morgan fingerprint density at radius 3 is 2.65 bits per heavy atom. The number of carbonyl (C=O) groups is 2. The molecule has 0 saturated heterocycles. The Morgan fingerprint density at radius 2 is 2.00 bits per heavy atom. The number of rotatable bonds is 7. The maximum atomic E-state index is 12.2. The Bertz CT molecular complexity index is 852. The maximum absolute atomic E-state index is 12.2. The molecule has 0 spiro atoms. The van der Waals surface area contributed by atoms with E-state index in [1.165, 1.54) is 13.3 Å². The standard InChI is InChI=1S/C18H18ClN3O4/c1-11-3-5-13(16(7-11)25-2)18(24)22-21-9-12-4-6-15(14(19)8-12)26-10-17(20)23/h3-9H,10H2,1-2H3,(H2,20,23)(H,22,24). The first kappa shape index (κ1) is 19.3. The van der Waals surface area contributed by atoms with Crippen LogP contribution in [-0.2, 0) is 4.79 Å². The van der Waals surface area contributed by atoms with Crippen LogP contribution in [0, 0.1) is 6.92 Å². The van der Waals surface area contributed by atoms with E-state index in [9.17, 15) is 9.59 Å². The van der Waals surface area contributed by atoms with Crippen LogP contribution in [0.5, 0.6) is 11.5 Å². The van der Waals surface area contributed by atoms with E-state index in [4.69, 9.17) is 26.8 Å². The number of primary amides is 1. The number of nitrogens with one attached hydrogen (secondary N) is 1. The number of hydrogen-bond donors (Lipinski definition) is 2. The van der Waals surface area contributed by atoms with Crippen molar-refractivity contribution in [3.8, 4) is 11.5 Å². The summed E-state index contributed by atoms with van der Waals surface area (Å²) in [7, 11) is 1.50. The number of carbonyl (C=O) groups excluding carboxylic acids is 2. The van der Waals surface area contributed by atoms with E-state index >= 15 is 0 Å². The van der Waals surface area contributed by atoms with Crippen LogP contribution in [-0.4, -0.2) is 31.7 Å². The van der Waals surface area contributed by atoms with Gasteiger partial charge in [0, 0.05) is 0 Å². The van der Waals surface area contributed by atoms with Gasteiger partial charge in [0.15, 0.2) is 6.61 Å². The fourth-order valence-electron chi connectivity index (χ4n) is 2.08. The van der Waals surface area contributed by atoms with Gasteiger partial charge in [-0.1, -0.05) is 17.7 Å². The molecule has 0 aliphatic heterocycles. The summed E-state index contributed by atoms with van der Waals surface area (Å²) in [5, 5.41) is 4.20. The maximum Gasteiger partial charge on any atom is 0.275 e. The highest BCUT2D eigenvalue weighted by Crippen LogP contribution is 2.25. The smallest absolute Gasteiger partial charge is 0.275 e. The molecule has 0 aliphatic carbocycles. The molecule has 2 aromatic rings. The summed E-state index contributed by atoms with van der Waals surface area (Å²) < 4.78 is 10.4. The second kappa shape index (κ2) is 8.87. The van der Waals surface area contributed by atoms with E-state index < -0.39 is 11.8 Å². The Labute approximate surface area is 155 Å². The molecule has 0 unspecified atom stereocenters. The summed E-state index contributed by atoms with van der Waals surface area (Å²) in [6, 6.07) is 10.1. The third kappa shape index (κ3) is 5.22. The van der Waals surface area contributed by atoms with Gasteiger partial charge in [0.05, 0.1) is 23.9 Å². The van der Waals surface area contributed by atoms with Crippen LogP contribution in [0.1, 0.15) is 21.5 Å². The van der Waals surface area contributed by atoms with Crippen LogP contribution in [0.3, 0.4) is 0 Å². The molecule has 7 nitrogen and oxygen atoms in total. The van der Waals surface area contributed by atoms with Gasteiger partial charge in [0.2, 0.25) is 0 Å². The van der Waals surface area contributed by atoms with Gasteiger partial charge in [-0.25, -0.2) is 5.43 Å². The second-order valence-corrected chi connectivity index (χ2v) is 5.75. The van der Waals surface area contributed by atoms with Gasteiger partial charge >= 0.3 is 0 Å². The molecule has 2 amide bonds. The first-order chi connectivity index (χ1) is 12.4. The number of benzene rings is 2. The van der Waals surface area contributed by atoms with E-state index in [1.807, 2.05) is 13.0 Å². The minimum atomic E-state index is -0.596. The van der Waals surface area contributed by atoms with Gasteiger partial charge in [0.25, 0.3) is 11.8 Å². The van der Waals surface area contributed by atoms with Crippen molar-refractivity contribution in [3.05, 3.63) is 58.1 Å². The quantitative estimate of drug-likeness (QED) is 0.572. The molecule has 0 aliphatic rings. The summed E-state index contributed by atoms with van der Waals surface area (Å²) in [6.07, 6.45) is 1.43. The summed E-state index contributed by atoms with van der Waals surface area (Å²) in [5.41, 5.74) is 9.44. The first-order valence-corrected chi connectivity index (χ1v) is 7.97. The topological polar surface area (TPSA) is 103 Å². The van der Waals surface area contributed by atoms with Crippen molar-refractivity contribution in [3.63, 3.8) is 0 Å². The number of aryl methyl sites for hydroxylation is 1. The lowest BCUT2D eigenvalue weighted by Crippen LogP contribution is -2.20. The van der Waals surface area contributed by atoms with Crippen LogP contribution in [0.15, 0.2) is 41.5 Å². The van der Waals surface area contributed by atoms with E-state index in [0.29, 0.717) is 27.6 Å². The lowest BCUT2D eigenvalue weighted by molar-refractivity contribution is -0.119. The monoisotopic (exact) mass is 375 g/mol. The number of ether oxygens (including phenoxy) is 2. The van der Waals surface area contributed by atoms with E-state index in [-0.39, 0.29) is 6.61 Å². The molecule has 0 heterocycles. The lowest BCUT2D eigenvalue weighted by atomic mass is 10.1. The molecular weight excluding hydrogens is 358 g/mol. The van der Waals surface area contributed by atoms with Gasteiger partial charge in [-0.15, -0.1) is 0 Å². The predicted octanol–water partition coefficient (Wildman–Crippen LogP) is 2.29. The van der Waals surface area contributed by atoms with Crippen LogP contribution in [0.25, 0.3) is 0 Å². The number of nitrogens with zero attached hydrogens (tertiary/aromatic N) is 1. The number of hydrazone groups is 1. The van der Waals surface area contributed by atoms with Gasteiger partial charge in [0.1, 0.15) is 11.5 Å². The molecule has 0 aromatic heterocycles. The van der Waals surface area contributed by atoms with Crippen molar-refractivity contribution in [1.82, 2.24) is 5.43 Å². The molecule has 2 rings (SSSR count). The number of hydrogen-bond acceptors (Lipinski definition) is 5. The fourth-order valence-corrected chi connectivity index (χ4v) is 2.32.